The van der Waals surface area contributed by atoms with Crippen LogP contribution in [-0.2, 0) is 0 Å². The Morgan fingerprint density at radius 3 is 2.95 bits per heavy atom. The zero-order valence-corrected chi connectivity index (χ0v) is 12.2. The van der Waals surface area contributed by atoms with E-state index >= 15 is 0 Å². The molecule has 1 saturated heterocycles. The van der Waals surface area contributed by atoms with E-state index in [0.29, 0.717) is 6.04 Å². The lowest BCUT2D eigenvalue weighted by Crippen LogP contribution is -2.40. The Morgan fingerprint density at radius 1 is 1.47 bits per heavy atom. The summed E-state index contributed by atoms with van der Waals surface area (Å²) in [6, 6.07) is 4.42. The monoisotopic (exact) mass is 263 g/mol. The summed E-state index contributed by atoms with van der Waals surface area (Å²) in [5, 5.41) is 9.71. The van der Waals surface area contributed by atoms with E-state index < -0.39 is 6.10 Å². The van der Waals surface area contributed by atoms with Crippen molar-refractivity contribution >= 4 is 5.82 Å². The van der Waals surface area contributed by atoms with Gasteiger partial charge in [0.15, 0.2) is 0 Å². The molecule has 2 heterocycles. The van der Waals surface area contributed by atoms with Crippen LogP contribution in [0.15, 0.2) is 18.3 Å². The second-order valence-corrected chi connectivity index (χ2v) is 5.49. The van der Waals surface area contributed by atoms with Crippen LogP contribution in [-0.4, -0.2) is 47.7 Å². The van der Waals surface area contributed by atoms with Crippen LogP contribution in [0, 0.1) is 0 Å². The van der Waals surface area contributed by atoms with Crippen molar-refractivity contribution < 1.29 is 5.11 Å². The summed E-state index contributed by atoms with van der Waals surface area (Å²) < 4.78 is 0. The first-order valence-electron chi connectivity index (χ1n) is 7.21. The lowest BCUT2D eigenvalue weighted by Gasteiger charge is -2.31. The Labute approximate surface area is 116 Å². The van der Waals surface area contributed by atoms with E-state index in [2.05, 4.69) is 28.8 Å². The van der Waals surface area contributed by atoms with Crippen molar-refractivity contribution in [2.75, 3.05) is 31.6 Å². The van der Waals surface area contributed by atoms with Crippen LogP contribution in [0.2, 0.25) is 0 Å². The molecule has 0 amide bonds. The first-order chi connectivity index (χ1) is 9.11. The number of pyridine rings is 1. The Morgan fingerprint density at radius 2 is 2.26 bits per heavy atom. The summed E-state index contributed by atoms with van der Waals surface area (Å²) in [5.41, 5.74) is 0.942. The molecule has 1 unspecified atom stereocenters. The highest BCUT2D eigenvalue weighted by atomic mass is 16.3. The van der Waals surface area contributed by atoms with E-state index in [9.17, 15) is 5.11 Å². The number of aromatic nitrogens is 1. The largest absolute Gasteiger partial charge is 0.389 e. The van der Waals surface area contributed by atoms with Crippen LogP contribution in [0.5, 0.6) is 0 Å². The van der Waals surface area contributed by atoms with Gasteiger partial charge in [0.1, 0.15) is 5.82 Å². The number of likely N-dealkylation sites (N-methyl/N-ethyl adjacent to an activating group) is 1. The maximum Gasteiger partial charge on any atom is 0.129 e. The van der Waals surface area contributed by atoms with Crippen LogP contribution in [0.1, 0.15) is 38.4 Å². The van der Waals surface area contributed by atoms with Crippen LogP contribution in [0.3, 0.4) is 0 Å². The van der Waals surface area contributed by atoms with Gasteiger partial charge in [0.25, 0.3) is 0 Å². The molecular weight excluding hydrogens is 238 g/mol. The second-order valence-electron chi connectivity index (χ2n) is 5.49. The maximum atomic E-state index is 9.71. The summed E-state index contributed by atoms with van der Waals surface area (Å²) in [7, 11) is 2.19. The van der Waals surface area contributed by atoms with E-state index in [-0.39, 0.29) is 0 Å². The minimum atomic E-state index is -0.434. The van der Waals surface area contributed by atoms with Crippen LogP contribution < -0.4 is 4.90 Å². The second kappa shape index (κ2) is 6.35. The van der Waals surface area contributed by atoms with Gasteiger partial charge in [-0.25, -0.2) is 4.98 Å². The van der Waals surface area contributed by atoms with Crippen molar-refractivity contribution in [2.45, 2.75) is 38.8 Å². The number of anilines is 1. The fraction of sp³-hybridized carbons (Fsp3) is 0.667. The van der Waals surface area contributed by atoms with Gasteiger partial charge in [0.05, 0.1) is 6.10 Å². The molecule has 1 aromatic heterocycles. The van der Waals surface area contributed by atoms with Crippen molar-refractivity contribution in [3.05, 3.63) is 23.9 Å². The molecule has 1 N–H and O–H groups in total. The summed E-state index contributed by atoms with van der Waals surface area (Å²) >= 11 is 0. The molecule has 4 nitrogen and oxygen atoms in total. The minimum Gasteiger partial charge on any atom is -0.389 e. The van der Waals surface area contributed by atoms with Gasteiger partial charge in [-0.1, -0.05) is 6.92 Å². The standard InChI is InChI=1S/C15H25N3O/c1-4-14-11-17(3)8-5-9-18(14)15-10-13(12(2)19)6-7-16-15/h6-7,10,12,14,19H,4-5,8-9,11H2,1-3H3/t12-,14?/m1/s1. The van der Waals surface area contributed by atoms with Crippen molar-refractivity contribution in [3.8, 4) is 0 Å². The van der Waals surface area contributed by atoms with Gasteiger partial charge in [-0.15, -0.1) is 0 Å². The molecule has 0 radical (unpaired) electrons. The zero-order chi connectivity index (χ0) is 13.8. The third kappa shape index (κ3) is 3.45. The van der Waals surface area contributed by atoms with Crippen molar-refractivity contribution in [1.29, 1.82) is 0 Å². The fourth-order valence-electron chi connectivity index (χ4n) is 2.75. The predicted molar refractivity (Wildman–Crippen MR) is 78.4 cm³/mol. The van der Waals surface area contributed by atoms with Crippen LogP contribution >= 0.6 is 0 Å². The molecule has 2 rings (SSSR count). The average Bonchev–Trinajstić information content (AvgIpc) is 2.60. The Kier molecular flexibility index (Phi) is 4.77. The number of hydrogen-bond donors (Lipinski definition) is 1. The number of aliphatic hydroxyl groups is 1. The van der Waals surface area contributed by atoms with Gasteiger partial charge in [0.2, 0.25) is 0 Å². The van der Waals surface area contributed by atoms with Crippen LogP contribution in [0.4, 0.5) is 5.82 Å². The number of hydrogen-bond acceptors (Lipinski definition) is 4. The summed E-state index contributed by atoms with van der Waals surface area (Å²) in [5.74, 6) is 1.00. The molecule has 2 atom stereocenters. The third-order valence-electron chi connectivity index (χ3n) is 3.92. The molecule has 4 heteroatoms. The van der Waals surface area contributed by atoms with E-state index in [1.54, 1.807) is 13.1 Å². The van der Waals surface area contributed by atoms with E-state index in [1.165, 1.54) is 0 Å². The Hall–Kier alpha value is -1.13. The summed E-state index contributed by atoms with van der Waals surface area (Å²) in [6.07, 6.45) is 3.65. The topological polar surface area (TPSA) is 39.6 Å². The highest BCUT2D eigenvalue weighted by Crippen LogP contribution is 2.23. The molecule has 1 aliphatic heterocycles. The normalized spacial score (nSPS) is 23.2. The zero-order valence-electron chi connectivity index (χ0n) is 12.2. The third-order valence-corrected chi connectivity index (χ3v) is 3.92. The predicted octanol–water partition coefficient (Wildman–Crippen LogP) is 2.06. The van der Waals surface area contributed by atoms with Gasteiger partial charge in [-0.3, -0.25) is 0 Å². The lowest BCUT2D eigenvalue weighted by atomic mass is 10.1. The van der Waals surface area contributed by atoms with Crippen molar-refractivity contribution in [3.63, 3.8) is 0 Å². The number of rotatable bonds is 3. The Bertz CT molecular complexity index is 408. The number of aliphatic hydroxyl groups excluding tert-OH is 1. The highest BCUT2D eigenvalue weighted by molar-refractivity contribution is 5.43. The maximum absolute atomic E-state index is 9.71. The molecule has 0 bridgehead atoms. The molecule has 1 aliphatic rings. The summed E-state index contributed by atoms with van der Waals surface area (Å²) in [6.45, 7) is 7.29. The Balaban J connectivity index is 2.24. The van der Waals surface area contributed by atoms with Gasteiger partial charge in [-0.05, 0) is 51.1 Å². The molecule has 0 spiro atoms. The van der Waals surface area contributed by atoms with Crippen molar-refractivity contribution in [2.24, 2.45) is 0 Å². The average molecular weight is 263 g/mol. The fourth-order valence-corrected chi connectivity index (χ4v) is 2.75. The van der Waals surface area contributed by atoms with E-state index in [4.69, 9.17) is 0 Å². The molecule has 0 aromatic carbocycles. The first-order valence-corrected chi connectivity index (χ1v) is 7.21. The molecule has 0 saturated carbocycles. The van der Waals surface area contributed by atoms with E-state index in [0.717, 1.165) is 43.9 Å². The van der Waals surface area contributed by atoms with Gasteiger partial charge in [-0.2, -0.15) is 0 Å². The van der Waals surface area contributed by atoms with Gasteiger partial charge in [0, 0.05) is 25.3 Å². The molecule has 0 aliphatic carbocycles. The highest BCUT2D eigenvalue weighted by Gasteiger charge is 2.23. The smallest absolute Gasteiger partial charge is 0.129 e. The number of nitrogens with zero attached hydrogens (tertiary/aromatic N) is 3. The first kappa shape index (κ1) is 14.3. The van der Waals surface area contributed by atoms with Crippen LogP contribution in [0.25, 0.3) is 0 Å². The SMILES string of the molecule is CCC1CN(C)CCCN1c1cc([C@@H](C)O)ccn1. The van der Waals surface area contributed by atoms with Crippen molar-refractivity contribution in [1.82, 2.24) is 9.88 Å². The quantitative estimate of drug-likeness (QED) is 0.906. The lowest BCUT2D eigenvalue weighted by molar-refractivity contribution is 0.199. The summed E-state index contributed by atoms with van der Waals surface area (Å²) in [4.78, 5) is 9.30. The molecular formula is C15H25N3O. The van der Waals surface area contributed by atoms with Gasteiger partial charge >= 0.3 is 0 Å². The van der Waals surface area contributed by atoms with E-state index in [1.807, 2.05) is 12.1 Å². The molecule has 1 aromatic rings. The molecule has 1 fully saturated rings. The molecule has 106 valence electrons. The molecule has 19 heavy (non-hydrogen) atoms. The minimum absolute atomic E-state index is 0.434. The van der Waals surface area contributed by atoms with Gasteiger partial charge < -0.3 is 14.9 Å².